The summed E-state index contributed by atoms with van der Waals surface area (Å²) in [5, 5.41) is 4.14. The number of furan rings is 1. The van der Waals surface area contributed by atoms with Crippen molar-refractivity contribution in [3.8, 4) is 0 Å². The number of aryl methyl sites for hydroxylation is 2. The second-order valence-corrected chi connectivity index (χ2v) is 4.53. The van der Waals surface area contributed by atoms with Gasteiger partial charge in [-0.3, -0.25) is 4.79 Å². The number of carbonyl (C=O) groups excluding carboxylic acids is 1. The number of rotatable bonds is 6. The summed E-state index contributed by atoms with van der Waals surface area (Å²) in [6.45, 7) is 0. The van der Waals surface area contributed by atoms with Gasteiger partial charge in [-0.1, -0.05) is 0 Å². The number of carbonyl (C=O) groups is 1. The summed E-state index contributed by atoms with van der Waals surface area (Å²) < 4.78 is 5.18. The van der Waals surface area contributed by atoms with Crippen LogP contribution in [-0.2, 0) is 17.6 Å². The molecule has 0 atom stereocenters. The molecule has 0 aliphatic carbocycles. The molecule has 2 aromatic rings. The van der Waals surface area contributed by atoms with Crippen molar-refractivity contribution in [1.29, 1.82) is 0 Å². The van der Waals surface area contributed by atoms with E-state index in [1.165, 1.54) is 5.56 Å². The van der Waals surface area contributed by atoms with Gasteiger partial charge in [0.25, 0.3) is 0 Å². The van der Waals surface area contributed by atoms with Gasteiger partial charge in [-0.05, 0) is 40.9 Å². The topological polar surface area (TPSA) is 30.2 Å². The Morgan fingerprint density at radius 1 is 1.25 bits per heavy atom. The van der Waals surface area contributed by atoms with Crippen molar-refractivity contribution in [2.45, 2.75) is 25.7 Å². The maximum Gasteiger partial charge on any atom is 0.133 e. The lowest BCUT2D eigenvalue weighted by molar-refractivity contribution is -0.119. The minimum atomic E-state index is 0.308. The van der Waals surface area contributed by atoms with E-state index in [0.717, 1.165) is 18.6 Å². The normalized spacial score (nSPS) is 10.5. The second kappa shape index (κ2) is 5.66. The molecule has 0 unspecified atom stereocenters. The van der Waals surface area contributed by atoms with Gasteiger partial charge in [0.2, 0.25) is 0 Å². The van der Waals surface area contributed by atoms with E-state index < -0.39 is 0 Å². The molecule has 0 bridgehead atoms. The lowest BCUT2D eigenvalue weighted by atomic mass is 10.1. The zero-order valence-corrected chi connectivity index (χ0v) is 9.83. The number of thiophene rings is 1. The molecule has 16 heavy (non-hydrogen) atoms. The molecule has 0 aliphatic heterocycles. The minimum Gasteiger partial charge on any atom is -0.469 e. The van der Waals surface area contributed by atoms with Crippen LogP contribution in [0.5, 0.6) is 0 Å². The third kappa shape index (κ3) is 3.35. The Labute approximate surface area is 98.9 Å². The predicted molar refractivity (Wildman–Crippen MR) is 64.7 cm³/mol. The molecular weight excluding hydrogens is 220 g/mol. The molecule has 2 aromatic heterocycles. The molecule has 2 rings (SSSR count). The van der Waals surface area contributed by atoms with Gasteiger partial charge in [0.15, 0.2) is 0 Å². The van der Waals surface area contributed by atoms with Gasteiger partial charge in [0, 0.05) is 19.3 Å². The fourth-order valence-corrected chi connectivity index (χ4v) is 2.26. The third-order valence-corrected chi connectivity index (χ3v) is 3.24. The summed E-state index contributed by atoms with van der Waals surface area (Å²) in [5.74, 6) is 1.20. The van der Waals surface area contributed by atoms with Gasteiger partial charge in [-0.15, -0.1) is 0 Å². The predicted octanol–water partition coefficient (Wildman–Crippen LogP) is 3.48. The van der Waals surface area contributed by atoms with E-state index in [1.54, 1.807) is 17.6 Å². The van der Waals surface area contributed by atoms with E-state index >= 15 is 0 Å². The molecule has 84 valence electrons. The number of ketones is 1. The lowest BCUT2D eigenvalue weighted by Crippen LogP contribution is -2.01. The van der Waals surface area contributed by atoms with Crippen molar-refractivity contribution in [1.82, 2.24) is 0 Å². The summed E-state index contributed by atoms with van der Waals surface area (Å²) in [6, 6.07) is 5.84. The van der Waals surface area contributed by atoms with Crippen LogP contribution in [0.3, 0.4) is 0 Å². The molecule has 0 aromatic carbocycles. The standard InChI is InChI=1S/C13H14O2S/c14-12(4-3-11-7-9-16-10-11)5-6-13-2-1-8-15-13/h1-2,7-10H,3-6H2. The van der Waals surface area contributed by atoms with Gasteiger partial charge >= 0.3 is 0 Å². The third-order valence-electron chi connectivity index (χ3n) is 2.50. The average Bonchev–Trinajstić information content (AvgIpc) is 2.96. The molecule has 0 amide bonds. The van der Waals surface area contributed by atoms with Crippen molar-refractivity contribution in [2.24, 2.45) is 0 Å². The van der Waals surface area contributed by atoms with Gasteiger partial charge in [0.05, 0.1) is 6.26 Å². The van der Waals surface area contributed by atoms with E-state index in [4.69, 9.17) is 4.42 Å². The summed E-state index contributed by atoms with van der Waals surface area (Å²) in [7, 11) is 0. The van der Waals surface area contributed by atoms with Crippen LogP contribution in [0, 0.1) is 0 Å². The van der Waals surface area contributed by atoms with Crippen LogP contribution in [0.15, 0.2) is 39.6 Å². The highest BCUT2D eigenvalue weighted by Crippen LogP contribution is 2.10. The highest BCUT2D eigenvalue weighted by Gasteiger charge is 2.05. The van der Waals surface area contributed by atoms with Crippen LogP contribution >= 0.6 is 11.3 Å². The van der Waals surface area contributed by atoms with Crippen LogP contribution in [0.1, 0.15) is 24.2 Å². The van der Waals surface area contributed by atoms with Crippen molar-refractivity contribution in [3.63, 3.8) is 0 Å². The molecule has 0 spiro atoms. The maximum absolute atomic E-state index is 11.6. The number of Topliss-reactive ketones (excluding diaryl/α,β-unsaturated/α-hetero) is 1. The van der Waals surface area contributed by atoms with E-state index in [1.807, 2.05) is 17.5 Å². The Hall–Kier alpha value is -1.35. The Morgan fingerprint density at radius 3 is 2.81 bits per heavy atom. The van der Waals surface area contributed by atoms with E-state index in [-0.39, 0.29) is 0 Å². The molecule has 0 N–H and O–H groups in total. The Bertz CT molecular complexity index is 374. The van der Waals surface area contributed by atoms with Gasteiger partial charge < -0.3 is 4.42 Å². The zero-order valence-electron chi connectivity index (χ0n) is 9.02. The fourth-order valence-electron chi connectivity index (χ4n) is 1.56. The van der Waals surface area contributed by atoms with Crippen molar-refractivity contribution < 1.29 is 9.21 Å². The molecule has 2 nitrogen and oxygen atoms in total. The number of hydrogen-bond donors (Lipinski definition) is 0. The molecule has 0 saturated heterocycles. The molecule has 0 aliphatic rings. The van der Waals surface area contributed by atoms with Crippen LogP contribution in [0.4, 0.5) is 0 Å². The van der Waals surface area contributed by atoms with Crippen molar-refractivity contribution in [3.05, 3.63) is 46.5 Å². The smallest absolute Gasteiger partial charge is 0.133 e. The molecule has 2 heterocycles. The largest absolute Gasteiger partial charge is 0.469 e. The summed E-state index contributed by atoms with van der Waals surface area (Å²) in [4.78, 5) is 11.6. The monoisotopic (exact) mass is 234 g/mol. The van der Waals surface area contributed by atoms with Gasteiger partial charge in [-0.25, -0.2) is 0 Å². The quantitative estimate of drug-likeness (QED) is 0.766. The highest BCUT2D eigenvalue weighted by molar-refractivity contribution is 7.07. The lowest BCUT2D eigenvalue weighted by Gasteiger charge is -1.98. The van der Waals surface area contributed by atoms with E-state index in [9.17, 15) is 4.79 Å². The summed E-state index contributed by atoms with van der Waals surface area (Å²) in [5.41, 5.74) is 1.26. The zero-order chi connectivity index (χ0) is 11.2. The van der Waals surface area contributed by atoms with Gasteiger partial charge in [0.1, 0.15) is 11.5 Å². The molecule has 0 saturated carbocycles. The first-order chi connectivity index (χ1) is 7.84. The first kappa shape index (κ1) is 11.1. The van der Waals surface area contributed by atoms with Crippen LogP contribution in [0.2, 0.25) is 0 Å². The number of hydrogen-bond acceptors (Lipinski definition) is 3. The average molecular weight is 234 g/mol. The molecule has 0 fully saturated rings. The second-order valence-electron chi connectivity index (χ2n) is 3.75. The van der Waals surface area contributed by atoms with Crippen LogP contribution in [-0.4, -0.2) is 5.78 Å². The van der Waals surface area contributed by atoms with Crippen molar-refractivity contribution in [2.75, 3.05) is 0 Å². The summed E-state index contributed by atoms with van der Waals surface area (Å²) >= 11 is 1.68. The first-order valence-electron chi connectivity index (χ1n) is 5.40. The van der Waals surface area contributed by atoms with E-state index in [0.29, 0.717) is 18.6 Å². The molecule has 3 heteroatoms. The minimum absolute atomic E-state index is 0.308. The van der Waals surface area contributed by atoms with Crippen molar-refractivity contribution >= 4 is 17.1 Å². The van der Waals surface area contributed by atoms with Crippen LogP contribution < -0.4 is 0 Å². The van der Waals surface area contributed by atoms with Crippen LogP contribution in [0.25, 0.3) is 0 Å². The first-order valence-corrected chi connectivity index (χ1v) is 6.34. The Balaban J connectivity index is 1.69. The van der Waals surface area contributed by atoms with E-state index in [2.05, 4.69) is 11.4 Å². The van der Waals surface area contributed by atoms with Gasteiger partial charge in [-0.2, -0.15) is 11.3 Å². The molecule has 0 radical (unpaired) electrons. The maximum atomic E-state index is 11.6. The molecular formula is C13H14O2S. The highest BCUT2D eigenvalue weighted by atomic mass is 32.1. The summed E-state index contributed by atoms with van der Waals surface area (Å²) in [6.07, 6.45) is 4.44. The Kier molecular flexibility index (Phi) is 3.94. The SMILES string of the molecule is O=C(CCc1ccsc1)CCc1ccco1. The fraction of sp³-hybridized carbons (Fsp3) is 0.308. The Morgan fingerprint density at radius 2 is 2.12 bits per heavy atom.